The second-order valence-electron chi connectivity index (χ2n) is 5.26. The average Bonchev–Trinajstić information content (AvgIpc) is 2.72. The predicted molar refractivity (Wildman–Crippen MR) is 87.6 cm³/mol. The Morgan fingerprint density at radius 3 is 2.95 bits per heavy atom. The van der Waals surface area contributed by atoms with Gasteiger partial charge in [0, 0.05) is 43.0 Å². The van der Waals surface area contributed by atoms with Crippen LogP contribution < -0.4 is 4.90 Å². The maximum atomic E-state index is 9.08. The highest BCUT2D eigenvalue weighted by molar-refractivity contribution is 9.10. The smallest absolute Gasteiger partial charge is 0.112 e. The normalized spacial score (nSPS) is 17.1. The van der Waals surface area contributed by atoms with Gasteiger partial charge in [0.15, 0.2) is 0 Å². The van der Waals surface area contributed by atoms with Crippen molar-refractivity contribution in [1.29, 1.82) is 0 Å². The molecule has 21 heavy (non-hydrogen) atoms. The van der Waals surface area contributed by atoms with Gasteiger partial charge in [-0.3, -0.25) is 14.9 Å². The van der Waals surface area contributed by atoms with Gasteiger partial charge in [0.05, 0.1) is 17.8 Å². The van der Waals surface area contributed by atoms with Crippen LogP contribution in [0.2, 0.25) is 0 Å². The van der Waals surface area contributed by atoms with E-state index in [1.54, 1.807) is 0 Å². The summed E-state index contributed by atoms with van der Waals surface area (Å²) in [6, 6.07) is 4.05. The van der Waals surface area contributed by atoms with E-state index in [4.69, 9.17) is 5.11 Å². The van der Waals surface area contributed by atoms with Crippen LogP contribution >= 0.6 is 15.9 Å². The lowest BCUT2D eigenvalue weighted by atomic mass is 10.2. The number of anilines is 1. The van der Waals surface area contributed by atoms with Crippen molar-refractivity contribution in [3.05, 3.63) is 29.0 Å². The largest absolute Gasteiger partial charge is 0.395 e. The molecule has 1 saturated heterocycles. The highest BCUT2D eigenvalue weighted by Crippen LogP contribution is 2.26. The van der Waals surface area contributed by atoms with Crippen LogP contribution in [0.5, 0.6) is 0 Å². The predicted octanol–water partition coefficient (Wildman–Crippen LogP) is 1.90. The van der Waals surface area contributed by atoms with Gasteiger partial charge < -0.3 is 10.0 Å². The van der Waals surface area contributed by atoms with E-state index in [9.17, 15) is 0 Å². The van der Waals surface area contributed by atoms with Crippen molar-refractivity contribution in [2.75, 3.05) is 44.2 Å². The van der Waals surface area contributed by atoms with Gasteiger partial charge in [0.25, 0.3) is 0 Å². The summed E-state index contributed by atoms with van der Waals surface area (Å²) in [7, 11) is 0. The minimum atomic E-state index is 0.230. The van der Waals surface area contributed by atoms with Crippen LogP contribution in [0.25, 0.3) is 11.0 Å². The van der Waals surface area contributed by atoms with Gasteiger partial charge >= 0.3 is 0 Å². The molecule has 0 aliphatic carbocycles. The number of fused-ring (bicyclic) bond motifs is 1. The molecule has 6 heteroatoms. The van der Waals surface area contributed by atoms with Crippen LogP contribution in [0.15, 0.2) is 29.0 Å². The SMILES string of the molecule is OCCN1CCCN(c2ccnc3cc(Br)cnc23)CC1. The summed E-state index contributed by atoms with van der Waals surface area (Å²) < 4.78 is 0.949. The Morgan fingerprint density at radius 1 is 1.19 bits per heavy atom. The first-order valence-electron chi connectivity index (χ1n) is 7.26. The van der Waals surface area contributed by atoms with Crippen LogP contribution in [0, 0.1) is 0 Å². The molecule has 3 rings (SSSR count). The van der Waals surface area contributed by atoms with Crippen LogP contribution in [0.1, 0.15) is 6.42 Å². The molecule has 3 heterocycles. The molecule has 0 spiro atoms. The number of aliphatic hydroxyl groups is 1. The summed E-state index contributed by atoms with van der Waals surface area (Å²) in [6.07, 6.45) is 4.77. The van der Waals surface area contributed by atoms with Crippen molar-refractivity contribution in [3.8, 4) is 0 Å². The summed E-state index contributed by atoms with van der Waals surface area (Å²) in [4.78, 5) is 13.6. The quantitative estimate of drug-likeness (QED) is 0.916. The lowest BCUT2D eigenvalue weighted by molar-refractivity contribution is 0.204. The van der Waals surface area contributed by atoms with Crippen molar-refractivity contribution in [3.63, 3.8) is 0 Å². The van der Waals surface area contributed by atoms with E-state index in [2.05, 4.69) is 35.7 Å². The third kappa shape index (κ3) is 3.33. The molecule has 2 aromatic heterocycles. The molecule has 0 radical (unpaired) electrons. The van der Waals surface area contributed by atoms with Crippen LogP contribution in [-0.2, 0) is 0 Å². The molecule has 0 saturated carbocycles. The van der Waals surface area contributed by atoms with Gasteiger partial charge in [-0.25, -0.2) is 0 Å². The zero-order valence-electron chi connectivity index (χ0n) is 11.9. The molecule has 1 aliphatic rings. The molecule has 5 nitrogen and oxygen atoms in total. The Hall–Kier alpha value is -1.24. The Kier molecular flexibility index (Phi) is 4.67. The van der Waals surface area contributed by atoms with E-state index in [0.29, 0.717) is 0 Å². The van der Waals surface area contributed by atoms with E-state index in [1.165, 1.54) is 0 Å². The molecule has 0 amide bonds. The minimum absolute atomic E-state index is 0.230. The number of pyridine rings is 2. The maximum absolute atomic E-state index is 9.08. The zero-order chi connectivity index (χ0) is 14.7. The van der Waals surface area contributed by atoms with Crippen LogP contribution in [-0.4, -0.2) is 59.3 Å². The van der Waals surface area contributed by atoms with Crippen LogP contribution in [0.3, 0.4) is 0 Å². The summed E-state index contributed by atoms with van der Waals surface area (Å²) in [5.74, 6) is 0. The second kappa shape index (κ2) is 6.68. The number of halogens is 1. The molecule has 2 aromatic rings. The van der Waals surface area contributed by atoms with Gasteiger partial charge in [0.2, 0.25) is 0 Å². The van der Waals surface area contributed by atoms with Crippen molar-refractivity contribution >= 4 is 32.7 Å². The summed E-state index contributed by atoms with van der Waals surface area (Å²) in [5, 5.41) is 9.08. The fourth-order valence-corrected chi connectivity index (χ4v) is 3.14. The molecule has 112 valence electrons. The molecule has 0 unspecified atom stereocenters. The molecule has 0 aromatic carbocycles. The number of hydrogen-bond donors (Lipinski definition) is 1. The first kappa shape index (κ1) is 14.7. The Bertz CT molecular complexity index is 622. The van der Waals surface area contributed by atoms with Gasteiger partial charge in [0.1, 0.15) is 5.52 Å². The number of β-amino-alcohol motifs (C(OH)–C–C–N with tert-alkyl or cyclic N) is 1. The number of aromatic nitrogens is 2. The van der Waals surface area contributed by atoms with Crippen molar-refractivity contribution < 1.29 is 5.11 Å². The fourth-order valence-electron chi connectivity index (χ4n) is 2.82. The second-order valence-corrected chi connectivity index (χ2v) is 6.17. The first-order valence-corrected chi connectivity index (χ1v) is 8.05. The molecule has 1 fully saturated rings. The van der Waals surface area contributed by atoms with E-state index >= 15 is 0 Å². The molecule has 1 aliphatic heterocycles. The van der Waals surface area contributed by atoms with Gasteiger partial charge in [-0.1, -0.05) is 0 Å². The van der Waals surface area contributed by atoms with E-state index < -0.39 is 0 Å². The monoisotopic (exact) mass is 350 g/mol. The van der Waals surface area contributed by atoms with E-state index in [1.807, 2.05) is 24.5 Å². The van der Waals surface area contributed by atoms with Crippen molar-refractivity contribution in [2.45, 2.75) is 6.42 Å². The Labute approximate surface area is 132 Å². The molecular formula is C15H19BrN4O. The summed E-state index contributed by atoms with van der Waals surface area (Å²) >= 11 is 3.44. The summed E-state index contributed by atoms with van der Waals surface area (Å²) in [5.41, 5.74) is 3.02. The number of rotatable bonds is 3. The molecule has 0 atom stereocenters. The third-order valence-electron chi connectivity index (χ3n) is 3.87. The molecule has 1 N–H and O–H groups in total. The lowest BCUT2D eigenvalue weighted by Gasteiger charge is -2.24. The molecular weight excluding hydrogens is 332 g/mol. The van der Waals surface area contributed by atoms with Crippen LogP contribution in [0.4, 0.5) is 5.69 Å². The third-order valence-corrected chi connectivity index (χ3v) is 4.30. The zero-order valence-corrected chi connectivity index (χ0v) is 13.5. The standard InChI is InChI=1S/C15H19BrN4O/c16-12-10-13-15(18-11-12)14(2-3-17-13)20-5-1-4-19(6-7-20)8-9-21/h2-3,10-11,21H,1,4-9H2. The first-order chi connectivity index (χ1) is 10.3. The minimum Gasteiger partial charge on any atom is -0.395 e. The highest BCUT2D eigenvalue weighted by Gasteiger charge is 2.17. The highest BCUT2D eigenvalue weighted by atomic mass is 79.9. The van der Waals surface area contributed by atoms with Gasteiger partial charge in [-0.2, -0.15) is 0 Å². The average molecular weight is 351 g/mol. The Balaban J connectivity index is 1.86. The topological polar surface area (TPSA) is 52.5 Å². The summed E-state index contributed by atoms with van der Waals surface area (Å²) in [6.45, 7) is 4.97. The lowest BCUT2D eigenvalue weighted by Crippen LogP contribution is -2.32. The van der Waals surface area contributed by atoms with E-state index in [-0.39, 0.29) is 6.61 Å². The van der Waals surface area contributed by atoms with E-state index in [0.717, 1.165) is 60.3 Å². The number of nitrogens with zero attached hydrogens (tertiary/aromatic N) is 4. The fraction of sp³-hybridized carbons (Fsp3) is 0.467. The number of hydrogen-bond acceptors (Lipinski definition) is 5. The van der Waals surface area contributed by atoms with Gasteiger partial charge in [-0.15, -0.1) is 0 Å². The Morgan fingerprint density at radius 2 is 2.10 bits per heavy atom. The molecule has 0 bridgehead atoms. The van der Waals surface area contributed by atoms with Crippen molar-refractivity contribution in [2.24, 2.45) is 0 Å². The maximum Gasteiger partial charge on any atom is 0.112 e. The van der Waals surface area contributed by atoms with Crippen molar-refractivity contribution in [1.82, 2.24) is 14.9 Å². The number of aliphatic hydroxyl groups excluding tert-OH is 1. The van der Waals surface area contributed by atoms with Gasteiger partial charge in [-0.05, 0) is 41.0 Å².